The molecule has 4 rings (SSSR count). The minimum atomic E-state index is -1.08. The third-order valence-corrected chi connectivity index (χ3v) is 4.57. The summed E-state index contributed by atoms with van der Waals surface area (Å²) in [7, 11) is 1.48. The number of ether oxygens (including phenoxy) is 1. The number of aromatic nitrogens is 2. The molecule has 0 aliphatic rings. The molecular formula is C23H18FN3O3. The van der Waals surface area contributed by atoms with Gasteiger partial charge in [-0.15, -0.1) is 0 Å². The van der Waals surface area contributed by atoms with Crippen LogP contribution in [-0.4, -0.2) is 28.0 Å². The predicted molar refractivity (Wildman–Crippen MR) is 112 cm³/mol. The number of hydrogen-bond donors (Lipinski definition) is 2. The van der Waals surface area contributed by atoms with Crippen molar-refractivity contribution in [1.29, 1.82) is 0 Å². The van der Waals surface area contributed by atoms with Crippen LogP contribution in [0.25, 0.3) is 16.9 Å². The lowest BCUT2D eigenvalue weighted by Crippen LogP contribution is -2.07. The largest absolute Gasteiger partial charge is 0.497 e. The smallest absolute Gasteiger partial charge is 0.337 e. The zero-order chi connectivity index (χ0) is 21.1. The van der Waals surface area contributed by atoms with E-state index in [2.05, 4.69) is 10.4 Å². The molecule has 150 valence electrons. The van der Waals surface area contributed by atoms with Crippen LogP contribution in [0.5, 0.6) is 5.75 Å². The molecule has 2 N–H and O–H groups in total. The van der Waals surface area contributed by atoms with Crippen molar-refractivity contribution >= 4 is 17.5 Å². The highest BCUT2D eigenvalue weighted by Gasteiger charge is 2.16. The molecule has 0 unspecified atom stereocenters. The number of benzene rings is 3. The standard InChI is InChI=1S/C23H18FN3O3/c1-30-18-11-12-20(19(13-18)23(28)29)25-22-14-21(15-7-9-16(24)10-8-15)26-27(22)17-5-3-2-4-6-17/h2-14,25H,1H3,(H,28,29). The lowest BCUT2D eigenvalue weighted by molar-refractivity contribution is 0.0697. The van der Waals surface area contributed by atoms with Crippen LogP contribution in [0.1, 0.15) is 10.4 Å². The molecule has 4 aromatic rings. The first-order valence-corrected chi connectivity index (χ1v) is 9.15. The van der Waals surface area contributed by atoms with Crippen LogP contribution in [0.15, 0.2) is 78.9 Å². The minimum Gasteiger partial charge on any atom is -0.497 e. The Balaban J connectivity index is 1.81. The number of hydrogen-bond acceptors (Lipinski definition) is 4. The number of methoxy groups -OCH3 is 1. The van der Waals surface area contributed by atoms with E-state index in [0.29, 0.717) is 22.9 Å². The summed E-state index contributed by atoms with van der Waals surface area (Å²) in [5, 5.41) is 17.4. The molecule has 0 atom stereocenters. The van der Waals surface area contributed by atoms with Gasteiger partial charge in [0.05, 0.1) is 29.7 Å². The van der Waals surface area contributed by atoms with Gasteiger partial charge in [0, 0.05) is 11.6 Å². The number of rotatable bonds is 6. The number of nitrogens with one attached hydrogen (secondary N) is 1. The molecule has 1 aromatic heterocycles. The quantitative estimate of drug-likeness (QED) is 0.467. The van der Waals surface area contributed by atoms with Gasteiger partial charge in [0.2, 0.25) is 0 Å². The summed E-state index contributed by atoms with van der Waals surface area (Å²) >= 11 is 0. The average molecular weight is 403 g/mol. The molecule has 0 aliphatic heterocycles. The van der Waals surface area contributed by atoms with Gasteiger partial charge in [-0.2, -0.15) is 5.10 Å². The Hall–Kier alpha value is -4.13. The second-order valence-corrected chi connectivity index (χ2v) is 6.51. The number of nitrogens with zero attached hydrogens (tertiary/aromatic N) is 2. The third kappa shape index (κ3) is 3.86. The summed E-state index contributed by atoms with van der Waals surface area (Å²) in [6.07, 6.45) is 0. The number of carboxylic acids is 1. The molecule has 1 heterocycles. The molecule has 0 spiro atoms. The molecule has 3 aromatic carbocycles. The molecule has 0 saturated heterocycles. The van der Waals surface area contributed by atoms with E-state index in [1.807, 2.05) is 30.3 Å². The van der Waals surface area contributed by atoms with E-state index in [-0.39, 0.29) is 11.4 Å². The molecule has 0 bridgehead atoms. The van der Waals surface area contributed by atoms with Crippen LogP contribution >= 0.6 is 0 Å². The summed E-state index contributed by atoms with van der Waals surface area (Å²) in [4.78, 5) is 11.7. The van der Waals surface area contributed by atoms with Crippen molar-refractivity contribution in [2.75, 3.05) is 12.4 Å². The zero-order valence-corrected chi connectivity index (χ0v) is 16.0. The van der Waals surface area contributed by atoms with Gasteiger partial charge in [0.25, 0.3) is 0 Å². The number of anilines is 2. The van der Waals surface area contributed by atoms with Gasteiger partial charge in [0.15, 0.2) is 0 Å². The fraction of sp³-hybridized carbons (Fsp3) is 0.0435. The van der Waals surface area contributed by atoms with Gasteiger partial charge in [-0.25, -0.2) is 13.9 Å². The summed E-state index contributed by atoms with van der Waals surface area (Å²) < 4.78 is 20.1. The highest BCUT2D eigenvalue weighted by Crippen LogP contribution is 2.30. The van der Waals surface area contributed by atoms with E-state index in [1.165, 1.54) is 25.3 Å². The van der Waals surface area contributed by atoms with Gasteiger partial charge in [-0.05, 0) is 54.6 Å². The molecule has 7 heteroatoms. The van der Waals surface area contributed by atoms with Crippen molar-refractivity contribution in [2.45, 2.75) is 0 Å². The Morgan fingerprint density at radius 3 is 2.43 bits per heavy atom. The van der Waals surface area contributed by atoms with Crippen molar-refractivity contribution in [2.24, 2.45) is 0 Å². The van der Waals surface area contributed by atoms with Crippen molar-refractivity contribution < 1.29 is 19.0 Å². The fourth-order valence-electron chi connectivity index (χ4n) is 3.07. The summed E-state index contributed by atoms with van der Waals surface area (Å²) in [5.41, 5.74) is 2.61. The third-order valence-electron chi connectivity index (χ3n) is 4.57. The molecule has 0 aliphatic carbocycles. The van der Waals surface area contributed by atoms with E-state index in [9.17, 15) is 14.3 Å². The fourth-order valence-corrected chi connectivity index (χ4v) is 3.07. The lowest BCUT2D eigenvalue weighted by atomic mass is 10.1. The number of aromatic carboxylic acids is 1. The van der Waals surface area contributed by atoms with E-state index >= 15 is 0 Å². The molecule has 30 heavy (non-hydrogen) atoms. The minimum absolute atomic E-state index is 0.0680. The normalized spacial score (nSPS) is 10.6. The highest BCUT2D eigenvalue weighted by atomic mass is 19.1. The van der Waals surface area contributed by atoms with Crippen molar-refractivity contribution in [3.63, 3.8) is 0 Å². The monoisotopic (exact) mass is 403 g/mol. The van der Waals surface area contributed by atoms with Gasteiger partial charge >= 0.3 is 5.97 Å². The van der Waals surface area contributed by atoms with Gasteiger partial charge in [0.1, 0.15) is 17.4 Å². The first kappa shape index (κ1) is 19.2. The number of halogens is 1. The van der Waals surface area contributed by atoms with E-state index in [0.717, 1.165) is 11.3 Å². The maximum Gasteiger partial charge on any atom is 0.337 e. The Morgan fingerprint density at radius 2 is 1.77 bits per heavy atom. The van der Waals surface area contributed by atoms with E-state index in [4.69, 9.17) is 4.74 Å². The second kappa shape index (κ2) is 8.08. The van der Waals surface area contributed by atoms with E-state index in [1.54, 1.807) is 35.0 Å². The summed E-state index contributed by atoms with van der Waals surface area (Å²) in [6.45, 7) is 0. The van der Waals surface area contributed by atoms with Crippen LogP contribution in [0.3, 0.4) is 0 Å². The van der Waals surface area contributed by atoms with Crippen LogP contribution in [0, 0.1) is 5.82 Å². The maximum absolute atomic E-state index is 13.3. The summed E-state index contributed by atoms with van der Waals surface area (Å²) in [6, 6.07) is 22.0. The van der Waals surface area contributed by atoms with Gasteiger partial charge in [-0.3, -0.25) is 0 Å². The summed E-state index contributed by atoms with van der Waals surface area (Å²) in [5.74, 6) is -0.403. The van der Waals surface area contributed by atoms with E-state index < -0.39 is 5.97 Å². The second-order valence-electron chi connectivity index (χ2n) is 6.51. The first-order valence-electron chi connectivity index (χ1n) is 9.15. The number of para-hydroxylation sites is 1. The predicted octanol–water partition coefficient (Wildman–Crippen LogP) is 5.13. The Bertz CT molecular complexity index is 1190. The van der Waals surface area contributed by atoms with Gasteiger partial charge in [-0.1, -0.05) is 18.2 Å². The van der Waals surface area contributed by atoms with Crippen LogP contribution in [0.4, 0.5) is 15.9 Å². The lowest BCUT2D eigenvalue weighted by Gasteiger charge is -2.12. The zero-order valence-electron chi connectivity index (χ0n) is 16.0. The van der Waals surface area contributed by atoms with Gasteiger partial charge < -0.3 is 15.2 Å². The van der Waals surface area contributed by atoms with Crippen LogP contribution in [-0.2, 0) is 0 Å². The Labute approximate surface area is 172 Å². The molecule has 6 nitrogen and oxygen atoms in total. The van der Waals surface area contributed by atoms with Crippen molar-refractivity contribution in [3.8, 4) is 22.7 Å². The Morgan fingerprint density at radius 1 is 1.03 bits per heavy atom. The molecule has 0 radical (unpaired) electrons. The molecule has 0 amide bonds. The number of carbonyl (C=O) groups is 1. The maximum atomic E-state index is 13.3. The van der Waals surface area contributed by atoms with Crippen molar-refractivity contribution in [1.82, 2.24) is 9.78 Å². The number of carboxylic acid groups (broad SMARTS) is 1. The topological polar surface area (TPSA) is 76.4 Å². The van der Waals surface area contributed by atoms with Crippen LogP contribution < -0.4 is 10.1 Å². The van der Waals surface area contributed by atoms with Crippen LogP contribution in [0.2, 0.25) is 0 Å². The first-order chi connectivity index (χ1) is 14.5. The average Bonchev–Trinajstić information content (AvgIpc) is 3.18. The molecule has 0 saturated carbocycles. The molecular weight excluding hydrogens is 385 g/mol. The Kier molecular flexibility index (Phi) is 5.17. The molecule has 0 fully saturated rings. The SMILES string of the molecule is COc1ccc(Nc2cc(-c3ccc(F)cc3)nn2-c2ccccc2)c(C(=O)O)c1. The van der Waals surface area contributed by atoms with Crippen molar-refractivity contribution in [3.05, 3.63) is 90.2 Å². The highest BCUT2D eigenvalue weighted by molar-refractivity contribution is 5.95.